The highest BCUT2D eigenvalue weighted by atomic mass is 79.9. The van der Waals surface area contributed by atoms with Gasteiger partial charge in [0.2, 0.25) is 11.8 Å². The van der Waals surface area contributed by atoms with E-state index < -0.39 is 0 Å². The fourth-order valence-electron chi connectivity index (χ4n) is 3.00. The van der Waals surface area contributed by atoms with Crippen molar-refractivity contribution in [1.82, 2.24) is 0 Å². The summed E-state index contributed by atoms with van der Waals surface area (Å²) in [6.45, 7) is 0. The lowest BCUT2D eigenvalue weighted by molar-refractivity contribution is -0.122. The summed E-state index contributed by atoms with van der Waals surface area (Å²) >= 11 is 19.3. The number of amides is 2. The molecule has 2 aliphatic rings. The van der Waals surface area contributed by atoms with Crippen molar-refractivity contribution in [2.45, 2.75) is 22.5 Å². The molecule has 3 nitrogen and oxygen atoms in total. The van der Waals surface area contributed by atoms with E-state index in [0.29, 0.717) is 23.6 Å². The number of imide groups is 1. The molecular formula is C14H11Br2Cl2NO2. The number of benzene rings is 1. The predicted octanol–water partition coefficient (Wildman–Crippen LogP) is 4.42. The lowest BCUT2D eigenvalue weighted by atomic mass is 9.81. The van der Waals surface area contributed by atoms with Crippen LogP contribution in [0, 0.1) is 11.8 Å². The summed E-state index contributed by atoms with van der Waals surface area (Å²) in [5.74, 6) is -0.938. The summed E-state index contributed by atoms with van der Waals surface area (Å²) in [6.07, 6.45) is 1.28. The number of hydrogen-bond acceptors (Lipinski definition) is 2. The molecule has 2 amide bonds. The van der Waals surface area contributed by atoms with Crippen LogP contribution in [0.5, 0.6) is 0 Å². The largest absolute Gasteiger partial charge is 0.274 e. The maximum Gasteiger partial charge on any atom is 0.237 e. The first-order valence-electron chi connectivity index (χ1n) is 6.51. The lowest BCUT2D eigenvalue weighted by Gasteiger charge is -2.29. The zero-order valence-electron chi connectivity index (χ0n) is 10.7. The molecule has 2 fully saturated rings. The van der Waals surface area contributed by atoms with Gasteiger partial charge in [-0.25, -0.2) is 4.90 Å². The van der Waals surface area contributed by atoms with Crippen LogP contribution in [-0.4, -0.2) is 21.5 Å². The van der Waals surface area contributed by atoms with Crippen molar-refractivity contribution in [2.75, 3.05) is 4.90 Å². The third kappa shape index (κ3) is 2.56. The third-order valence-electron chi connectivity index (χ3n) is 4.08. The van der Waals surface area contributed by atoms with E-state index in [9.17, 15) is 9.59 Å². The molecule has 1 aromatic rings. The summed E-state index contributed by atoms with van der Waals surface area (Å²) in [7, 11) is 0. The third-order valence-corrected chi connectivity index (χ3v) is 7.63. The average molecular weight is 456 g/mol. The second kappa shape index (κ2) is 5.84. The van der Waals surface area contributed by atoms with Crippen LogP contribution in [0.3, 0.4) is 0 Å². The Morgan fingerprint density at radius 2 is 1.52 bits per heavy atom. The van der Waals surface area contributed by atoms with Gasteiger partial charge in [0.25, 0.3) is 0 Å². The van der Waals surface area contributed by atoms with Gasteiger partial charge < -0.3 is 0 Å². The minimum atomic E-state index is -0.286. The number of rotatable bonds is 1. The van der Waals surface area contributed by atoms with Crippen molar-refractivity contribution >= 4 is 72.6 Å². The molecule has 1 aromatic carbocycles. The Kier molecular flexibility index (Phi) is 4.39. The number of carbonyl (C=O) groups excluding carboxylic acids is 2. The van der Waals surface area contributed by atoms with Gasteiger partial charge in [-0.3, -0.25) is 9.59 Å². The molecule has 4 atom stereocenters. The van der Waals surface area contributed by atoms with Crippen LogP contribution in [0.2, 0.25) is 10.0 Å². The molecule has 1 saturated heterocycles. The Labute approximate surface area is 149 Å². The first-order chi connectivity index (χ1) is 9.91. The summed E-state index contributed by atoms with van der Waals surface area (Å²) in [6, 6.07) is 4.97. The van der Waals surface area contributed by atoms with Gasteiger partial charge in [-0.15, -0.1) is 0 Å². The minimum absolute atomic E-state index is 0.182. The molecule has 0 N–H and O–H groups in total. The summed E-state index contributed by atoms with van der Waals surface area (Å²) in [4.78, 5) is 26.8. The molecule has 0 aromatic heterocycles. The molecule has 0 radical (unpaired) electrons. The zero-order chi connectivity index (χ0) is 15.3. The van der Waals surface area contributed by atoms with Crippen LogP contribution in [0.15, 0.2) is 18.2 Å². The SMILES string of the molecule is O=C1C2CC(Br)C(Br)CC2C(=O)N1c1cccc(Cl)c1Cl. The van der Waals surface area contributed by atoms with Crippen molar-refractivity contribution in [1.29, 1.82) is 0 Å². The summed E-state index contributed by atoms with van der Waals surface area (Å²) in [5.41, 5.74) is 0.380. The molecule has 1 saturated carbocycles. The number of fused-ring (bicyclic) bond motifs is 1. The smallest absolute Gasteiger partial charge is 0.237 e. The molecule has 4 unspecified atom stereocenters. The first-order valence-corrected chi connectivity index (χ1v) is 9.10. The highest BCUT2D eigenvalue weighted by Crippen LogP contribution is 2.46. The van der Waals surface area contributed by atoms with Gasteiger partial charge in [-0.05, 0) is 25.0 Å². The van der Waals surface area contributed by atoms with E-state index in [-0.39, 0.29) is 38.3 Å². The van der Waals surface area contributed by atoms with E-state index in [2.05, 4.69) is 31.9 Å². The monoisotopic (exact) mass is 453 g/mol. The summed E-state index contributed by atoms with van der Waals surface area (Å²) in [5, 5.41) is 0.576. The molecule has 1 heterocycles. The van der Waals surface area contributed by atoms with Gasteiger partial charge in [0.1, 0.15) is 0 Å². The van der Waals surface area contributed by atoms with Gasteiger partial charge in [-0.1, -0.05) is 61.1 Å². The number of halogens is 4. The van der Waals surface area contributed by atoms with E-state index >= 15 is 0 Å². The van der Waals surface area contributed by atoms with Crippen LogP contribution in [0.25, 0.3) is 0 Å². The van der Waals surface area contributed by atoms with Crippen molar-refractivity contribution in [3.63, 3.8) is 0 Å². The van der Waals surface area contributed by atoms with Crippen LogP contribution in [0.4, 0.5) is 5.69 Å². The van der Waals surface area contributed by atoms with Crippen LogP contribution in [-0.2, 0) is 9.59 Å². The highest BCUT2D eigenvalue weighted by Gasteiger charge is 2.52. The molecule has 3 rings (SSSR count). The van der Waals surface area contributed by atoms with Gasteiger partial charge in [0.15, 0.2) is 0 Å². The molecule has 21 heavy (non-hydrogen) atoms. The van der Waals surface area contributed by atoms with E-state index in [4.69, 9.17) is 23.2 Å². The van der Waals surface area contributed by atoms with Gasteiger partial charge in [0.05, 0.1) is 27.6 Å². The molecule has 0 bridgehead atoms. The highest BCUT2D eigenvalue weighted by molar-refractivity contribution is 9.12. The molecular weight excluding hydrogens is 445 g/mol. The first kappa shape index (κ1) is 15.8. The van der Waals surface area contributed by atoms with E-state index in [0.717, 1.165) is 0 Å². The van der Waals surface area contributed by atoms with E-state index in [1.165, 1.54) is 4.90 Å². The Hall–Kier alpha value is -0.100. The number of hydrogen-bond donors (Lipinski definition) is 0. The second-order valence-electron chi connectivity index (χ2n) is 5.30. The van der Waals surface area contributed by atoms with E-state index in [1.807, 2.05) is 0 Å². The van der Waals surface area contributed by atoms with Gasteiger partial charge >= 0.3 is 0 Å². The van der Waals surface area contributed by atoms with Crippen molar-refractivity contribution in [2.24, 2.45) is 11.8 Å². The minimum Gasteiger partial charge on any atom is -0.274 e. The molecule has 0 spiro atoms. The van der Waals surface area contributed by atoms with Crippen molar-refractivity contribution in [3.8, 4) is 0 Å². The maximum atomic E-state index is 12.6. The standard InChI is InChI=1S/C14H11Br2Cl2NO2/c15-8-4-6-7(5-9(8)16)14(21)19(13(6)20)11-3-1-2-10(17)12(11)18/h1-3,6-9H,4-5H2. The van der Waals surface area contributed by atoms with Crippen LogP contribution >= 0.6 is 55.1 Å². The summed E-state index contributed by atoms with van der Waals surface area (Å²) < 4.78 is 0. The topological polar surface area (TPSA) is 37.4 Å². The number of anilines is 1. The Morgan fingerprint density at radius 3 is 2.05 bits per heavy atom. The van der Waals surface area contributed by atoms with Gasteiger partial charge in [-0.2, -0.15) is 0 Å². The molecule has 7 heteroatoms. The van der Waals surface area contributed by atoms with Gasteiger partial charge in [0, 0.05) is 9.65 Å². The number of nitrogens with zero attached hydrogens (tertiary/aromatic N) is 1. The average Bonchev–Trinajstić information content (AvgIpc) is 2.67. The Morgan fingerprint density at radius 1 is 1.00 bits per heavy atom. The normalized spacial score (nSPS) is 32.5. The number of alkyl halides is 2. The molecule has 112 valence electrons. The zero-order valence-corrected chi connectivity index (χ0v) is 15.4. The van der Waals surface area contributed by atoms with E-state index in [1.54, 1.807) is 18.2 Å². The lowest BCUT2D eigenvalue weighted by Crippen LogP contribution is -2.34. The fraction of sp³-hybridized carbons (Fsp3) is 0.429. The molecule has 1 aliphatic heterocycles. The quantitative estimate of drug-likeness (QED) is 0.464. The Bertz CT molecular complexity index is 597. The Balaban J connectivity index is 2.00. The second-order valence-corrected chi connectivity index (χ2v) is 8.44. The van der Waals surface area contributed by atoms with Crippen molar-refractivity contribution < 1.29 is 9.59 Å². The predicted molar refractivity (Wildman–Crippen MR) is 90.6 cm³/mol. The van der Waals surface area contributed by atoms with Crippen molar-refractivity contribution in [3.05, 3.63) is 28.2 Å². The maximum absolute atomic E-state index is 12.6. The fourth-order valence-corrected chi connectivity index (χ4v) is 4.61. The molecule has 1 aliphatic carbocycles. The number of carbonyl (C=O) groups is 2. The van der Waals surface area contributed by atoms with Crippen LogP contribution < -0.4 is 4.90 Å². The van der Waals surface area contributed by atoms with Crippen LogP contribution in [0.1, 0.15) is 12.8 Å².